The second-order valence-electron chi connectivity index (χ2n) is 5.78. The highest BCUT2D eigenvalue weighted by atomic mass is 35.5. The Bertz CT molecular complexity index is 860. The lowest BCUT2D eigenvalue weighted by Gasteiger charge is -2.13. The molecule has 0 unspecified atom stereocenters. The standard InChI is InChI=1S/C22H20ClO4/c1-24-19-8-3-16(4-9-19)14-26-21-12-7-18(23)13-22(21)27-15-17-5-10-20(25-2)11-6-17/h3-6,8-13H,14-15H2,1-2H3. The van der Waals surface area contributed by atoms with Gasteiger partial charge >= 0.3 is 0 Å². The fraction of sp³-hybridized carbons (Fsp3) is 0.182. The minimum Gasteiger partial charge on any atom is -0.497 e. The average Bonchev–Trinajstić information content (AvgIpc) is 2.72. The highest BCUT2D eigenvalue weighted by molar-refractivity contribution is 6.30. The summed E-state index contributed by atoms with van der Waals surface area (Å²) in [6, 6.07) is 21.7. The number of benzene rings is 3. The topological polar surface area (TPSA) is 36.9 Å². The van der Waals surface area contributed by atoms with Gasteiger partial charge in [-0.15, -0.1) is 0 Å². The molecule has 0 amide bonds. The molecule has 3 aromatic rings. The molecule has 0 saturated carbocycles. The summed E-state index contributed by atoms with van der Waals surface area (Å²) in [6.07, 6.45) is 0. The van der Waals surface area contributed by atoms with E-state index in [9.17, 15) is 0 Å². The highest BCUT2D eigenvalue weighted by Crippen LogP contribution is 2.31. The molecule has 139 valence electrons. The molecule has 0 aliphatic rings. The van der Waals surface area contributed by atoms with Gasteiger partial charge in [0.25, 0.3) is 0 Å². The van der Waals surface area contributed by atoms with Crippen LogP contribution < -0.4 is 18.9 Å². The number of halogens is 1. The van der Waals surface area contributed by atoms with Gasteiger partial charge in [0.15, 0.2) is 11.5 Å². The van der Waals surface area contributed by atoms with E-state index in [1.165, 1.54) is 0 Å². The van der Waals surface area contributed by atoms with E-state index < -0.39 is 0 Å². The Labute approximate surface area is 164 Å². The molecule has 0 aliphatic heterocycles. The second kappa shape index (κ2) is 9.19. The van der Waals surface area contributed by atoms with Gasteiger partial charge < -0.3 is 18.9 Å². The second-order valence-corrected chi connectivity index (χ2v) is 6.19. The average molecular weight is 384 g/mol. The molecule has 0 N–H and O–H groups in total. The number of ether oxygens (including phenoxy) is 4. The van der Waals surface area contributed by atoms with Gasteiger partial charge in [0, 0.05) is 12.1 Å². The number of hydrogen-bond donors (Lipinski definition) is 0. The van der Waals surface area contributed by atoms with Crippen LogP contribution in [0.3, 0.4) is 0 Å². The van der Waals surface area contributed by atoms with Crippen LogP contribution in [0.15, 0.2) is 60.7 Å². The van der Waals surface area contributed by atoms with Crippen molar-refractivity contribution in [2.24, 2.45) is 0 Å². The third kappa shape index (κ3) is 5.31. The highest BCUT2D eigenvalue weighted by Gasteiger charge is 2.08. The van der Waals surface area contributed by atoms with E-state index in [1.807, 2.05) is 48.5 Å². The van der Waals surface area contributed by atoms with Crippen LogP contribution in [-0.4, -0.2) is 14.2 Å². The van der Waals surface area contributed by atoms with E-state index in [4.69, 9.17) is 30.5 Å². The molecule has 3 aromatic carbocycles. The smallest absolute Gasteiger partial charge is 0.163 e. The van der Waals surface area contributed by atoms with Crippen LogP contribution in [0.25, 0.3) is 0 Å². The van der Waals surface area contributed by atoms with E-state index in [2.05, 4.69) is 6.07 Å². The van der Waals surface area contributed by atoms with Crippen LogP contribution in [0.4, 0.5) is 0 Å². The van der Waals surface area contributed by atoms with E-state index in [0.717, 1.165) is 22.6 Å². The molecule has 0 aliphatic carbocycles. The number of rotatable bonds is 8. The van der Waals surface area contributed by atoms with Crippen LogP contribution in [-0.2, 0) is 13.2 Å². The number of hydrogen-bond acceptors (Lipinski definition) is 4. The van der Waals surface area contributed by atoms with Crippen molar-refractivity contribution in [2.45, 2.75) is 13.2 Å². The fourth-order valence-electron chi connectivity index (χ4n) is 2.42. The molecule has 27 heavy (non-hydrogen) atoms. The summed E-state index contributed by atoms with van der Waals surface area (Å²) in [6.45, 7) is 0.793. The van der Waals surface area contributed by atoms with Crippen molar-refractivity contribution in [3.8, 4) is 23.0 Å². The predicted octanol–water partition coefficient (Wildman–Crippen LogP) is 5.32. The minimum absolute atomic E-state index is 0.392. The first-order valence-electron chi connectivity index (χ1n) is 8.40. The maximum Gasteiger partial charge on any atom is 0.163 e. The molecule has 1 radical (unpaired) electrons. The summed E-state index contributed by atoms with van der Waals surface area (Å²) in [5, 5.41) is 0.469. The molecule has 0 spiro atoms. The minimum atomic E-state index is 0.392. The zero-order valence-electron chi connectivity index (χ0n) is 15.2. The molecule has 0 atom stereocenters. The van der Waals surface area contributed by atoms with Gasteiger partial charge in [-0.05, 0) is 41.5 Å². The zero-order valence-corrected chi connectivity index (χ0v) is 16.0. The molecule has 0 fully saturated rings. The van der Waals surface area contributed by atoms with Crippen molar-refractivity contribution in [3.05, 3.63) is 82.9 Å². The third-order valence-electron chi connectivity index (χ3n) is 3.95. The van der Waals surface area contributed by atoms with Crippen molar-refractivity contribution in [1.82, 2.24) is 0 Å². The summed E-state index contributed by atoms with van der Waals surface area (Å²) in [5.41, 5.74) is 2.03. The van der Waals surface area contributed by atoms with E-state index in [-0.39, 0.29) is 0 Å². The van der Waals surface area contributed by atoms with Crippen LogP contribution in [0.5, 0.6) is 23.0 Å². The molecule has 0 saturated heterocycles. The van der Waals surface area contributed by atoms with Crippen molar-refractivity contribution in [1.29, 1.82) is 0 Å². The Kier molecular flexibility index (Phi) is 6.44. The maximum absolute atomic E-state index is 6.07. The zero-order chi connectivity index (χ0) is 19.1. The van der Waals surface area contributed by atoms with Gasteiger partial charge in [-0.2, -0.15) is 0 Å². The van der Waals surface area contributed by atoms with Gasteiger partial charge in [-0.1, -0.05) is 35.9 Å². The van der Waals surface area contributed by atoms with Gasteiger partial charge in [0.2, 0.25) is 0 Å². The monoisotopic (exact) mass is 383 g/mol. The largest absolute Gasteiger partial charge is 0.497 e. The van der Waals surface area contributed by atoms with E-state index in [0.29, 0.717) is 29.7 Å². The van der Waals surface area contributed by atoms with E-state index in [1.54, 1.807) is 26.4 Å². The van der Waals surface area contributed by atoms with Gasteiger partial charge in [0.05, 0.1) is 19.2 Å². The summed E-state index contributed by atoms with van der Waals surface area (Å²) in [7, 11) is 3.28. The van der Waals surface area contributed by atoms with Crippen molar-refractivity contribution < 1.29 is 18.9 Å². The first kappa shape index (κ1) is 18.9. The third-order valence-corrected chi connectivity index (χ3v) is 4.17. The predicted molar refractivity (Wildman–Crippen MR) is 105 cm³/mol. The van der Waals surface area contributed by atoms with Gasteiger partial charge in [-0.3, -0.25) is 0 Å². The Balaban J connectivity index is 1.66. The summed E-state index contributed by atoms with van der Waals surface area (Å²) >= 11 is 6.07. The molecule has 0 aromatic heterocycles. The molecule has 3 rings (SSSR count). The lowest BCUT2D eigenvalue weighted by Crippen LogP contribution is -2.01. The van der Waals surface area contributed by atoms with Gasteiger partial charge in [0.1, 0.15) is 24.7 Å². The normalized spacial score (nSPS) is 10.3. The first-order valence-corrected chi connectivity index (χ1v) is 8.78. The number of methoxy groups -OCH3 is 2. The molecule has 0 heterocycles. The molecule has 4 nitrogen and oxygen atoms in total. The maximum atomic E-state index is 6.07. The van der Waals surface area contributed by atoms with Crippen LogP contribution >= 0.6 is 11.6 Å². The SMILES string of the molecule is COc1ccc(COc2c[c]c(Cl)cc2OCc2ccc(OC)cc2)cc1. The van der Waals surface area contributed by atoms with E-state index >= 15 is 0 Å². The van der Waals surface area contributed by atoms with Crippen molar-refractivity contribution >= 4 is 11.6 Å². The molecule has 0 bridgehead atoms. The Morgan fingerprint density at radius 3 is 1.70 bits per heavy atom. The van der Waals surface area contributed by atoms with Crippen molar-refractivity contribution in [2.75, 3.05) is 14.2 Å². The Hall–Kier alpha value is -2.85. The lowest BCUT2D eigenvalue weighted by atomic mass is 10.2. The van der Waals surface area contributed by atoms with Crippen LogP contribution in [0.2, 0.25) is 5.02 Å². The van der Waals surface area contributed by atoms with Crippen LogP contribution in [0.1, 0.15) is 11.1 Å². The quantitative estimate of drug-likeness (QED) is 0.528. The summed E-state index contributed by atoms with van der Waals surface area (Å²) in [5.74, 6) is 2.77. The van der Waals surface area contributed by atoms with Crippen molar-refractivity contribution in [3.63, 3.8) is 0 Å². The van der Waals surface area contributed by atoms with Gasteiger partial charge in [-0.25, -0.2) is 0 Å². The van der Waals surface area contributed by atoms with Crippen LogP contribution in [0, 0.1) is 6.07 Å². The molecular formula is C22H20ClO4. The Morgan fingerprint density at radius 2 is 1.22 bits per heavy atom. The summed E-state index contributed by atoms with van der Waals surface area (Å²) in [4.78, 5) is 0. The fourth-order valence-corrected chi connectivity index (χ4v) is 2.58. The lowest BCUT2D eigenvalue weighted by molar-refractivity contribution is 0.256. The first-order chi connectivity index (χ1) is 13.2. The summed E-state index contributed by atoms with van der Waals surface area (Å²) < 4.78 is 22.1. The molecular weight excluding hydrogens is 364 g/mol. The Morgan fingerprint density at radius 1 is 0.741 bits per heavy atom. The molecule has 5 heteroatoms.